The van der Waals surface area contributed by atoms with E-state index in [2.05, 4.69) is 10.2 Å². The molecule has 1 saturated carbocycles. The predicted molar refractivity (Wildman–Crippen MR) is 92.0 cm³/mol. The smallest absolute Gasteiger partial charge is 0.224 e. The average molecular weight is 357 g/mol. The highest BCUT2D eigenvalue weighted by Gasteiger charge is 2.45. The number of carbonyl (C=O) groups excluding carboxylic acids is 1. The Hall–Kier alpha value is -0.810. The maximum absolute atomic E-state index is 12.4. The van der Waals surface area contributed by atoms with Gasteiger partial charge >= 0.3 is 0 Å². The molecule has 2 fully saturated rings. The molecule has 1 heterocycles. The Kier molecular flexibility index (Phi) is 5.47. The number of amides is 1. The summed E-state index contributed by atoms with van der Waals surface area (Å²) in [6.07, 6.45) is 3.20. The van der Waals surface area contributed by atoms with Crippen LogP contribution in [0.1, 0.15) is 30.7 Å². The average Bonchev–Trinajstić information content (AvgIpc) is 3.14. The lowest BCUT2D eigenvalue weighted by Gasteiger charge is -2.23. The standard InChI is InChI=1S/C17H22Cl2N2O2/c18-11-3-4-13(16(19)7-11)14-8-15(14)17(23)20-12(10-22)9-21-5-1-2-6-21/h3-4,7,12,14-15,22H,1-2,5-6,8-10H2,(H,20,23)/t12-,14-,15+/m0/s1. The molecule has 2 N–H and O–H groups in total. The van der Waals surface area contributed by atoms with Gasteiger partial charge in [-0.2, -0.15) is 0 Å². The summed E-state index contributed by atoms with van der Waals surface area (Å²) in [7, 11) is 0. The van der Waals surface area contributed by atoms with Crippen LogP contribution in [0.4, 0.5) is 0 Å². The Bertz CT molecular complexity index is 576. The third-order valence-electron chi connectivity index (χ3n) is 4.73. The van der Waals surface area contributed by atoms with Crippen LogP contribution in [0.3, 0.4) is 0 Å². The normalized spacial score (nSPS) is 25.3. The van der Waals surface area contributed by atoms with Crippen molar-refractivity contribution < 1.29 is 9.90 Å². The first-order valence-corrected chi connectivity index (χ1v) is 8.92. The molecule has 3 rings (SSSR count). The molecule has 0 spiro atoms. The first-order valence-electron chi connectivity index (χ1n) is 8.17. The first-order chi connectivity index (χ1) is 11.1. The summed E-state index contributed by atoms with van der Waals surface area (Å²) in [6, 6.07) is 5.23. The molecule has 2 aliphatic rings. The van der Waals surface area contributed by atoms with Crippen molar-refractivity contribution in [3.63, 3.8) is 0 Å². The van der Waals surface area contributed by atoms with Crippen molar-refractivity contribution in [2.24, 2.45) is 5.92 Å². The number of hydrogen-bond donors (Lipinski definition) is 2. The van der Waals surface area contributed by atoms with Crippen molar-refractivity contribution in [2.45, 2.75) is 31.2 Å². The number of halogens is 2. The summed E-state index contributed by atoms with van der Waals surface area (Å²) in [5.41, 5.74) is 0.983. The quantitative estimate of drug-likeness (QED) is 0.823. The van der Waals surface area contributed by atoms with Gasteiger partial charge in [0.05, 0.1) is 12.6 Å². The molecule has 1 aliphatic heterocycles. The molecule has 4 nitrogen and oxygen atoms in total. The van der Waals surface area contributed by atoms with E-state index in [1.54, 1.807) is 12.1 Å². The van der Waals surface area contributed by atoms with Gasteiger partial charge < -0.3 is 15.3 Å². The first kappa shape index (κ1) is 17.0. The SMILES string of the molecule is O=C(N[C@H](CO)CN1CCCC1)[C@@H]1C[C@H]1c1ccc(Cl)cc1Cl. The predicted octanol–water partition coefficient (Wildman–Crippen LogP) is 2.67. The van der Waals surface area contributed by atoms with Crippen LogP contribution in [-0.4, -0.2) is 48.2 Å². The molecule has 0 aromatic heterocycles. The molecule has 0 bridgehead atoms. The van der Waals surface area contributed by atoms with Crippen LogP contribution >= 0.6 is 23.2 Å². The van der Waals surface area contributed by atoms with Gasteiger partial charge in [0.25, 0.3) is 0 Å². The van der Waals surface area contributed by atoms with Crippen molar-refractivity contribution in [1.82, 2.24) is 10.2 Å². The minimum Gasteiger partial charge on any atom is -0.394 e. The van der Waals surface area contributed by atoms with E-state index in [-0.39, 0.29) is 30.4 Å². The molecule has 1 amide bonds. The molecule has 1 aliphatic carbocycles. The maximum Gasteiger partial charge on any atom is 0.224 e. The van der Waals surface area contributed by atoms with Gasteiger partial charge in [0.1, 0.15) is 0 Å². The highest BCUT2D eigenvalue weighted by molar-refractivity contribution is 6.35. The molecular weight excluding hydrogens is 335 g/mol. The van der Waals surface area contributed by atoms with Gasteiger partial charge in [-0.25, -0.2) is 0 Å². The zero-order chi connectivity index (χ0) is 16.4. The summed E-state index contributed by atoms with van der Waals surface area (Å²) >= 11 is 12.1. The van der Waals surface area contributed by atoms with Crippen molar-refractivity contribution >= 4 is 29.1 Å². The van der Waals surface area contributed by atoms with Crippen LogP contribution in [0.5, 0.6) is 0 Å². The van der Waals surface area contributed by atoms with Gasteiger partial charge in [-0.05, 0) is 56.0 Å². The highest BCUT2D eigenvalue weighted by Crippen LogP contribution is 2.50. The van der Waals surface area contributed by atoms with Gasteiger partial charge in [0.2, 0.25) is 5.91 Å². The Morgan fingerprint density at radius 2 is 2.09 bits per heavy atom. The van der Waals surface area contributed by atoms with E-state index < -0.39 is 0 Å². The Morgan fingerprint density at radius 1 is 1.35 bits per heavy atom. The van der Waals surface area contributed by atoms with E-state index in [0.717, 1.165) is 31.6 Å². The number of carbonyl (C=O) groups is 1. The summed E-state index contributed by atoms with van der Waals surface area (Å²) in [4.78, 5) is 14.7. The largest absolute Gasteiger partial charge is 0.394 e. The number of aliphatic hydroxyl groups excluding tert-OH is 1. The van der Waals surface area contributed by atoms with Crippen molar-refractivity contribution in [2.75, 3.05) is 26.2 Å². The van der Waals surface area contributed by atoms with Crippen LogP contribution in [0.15, 0.2) is 18.2 Å². The number of benzene rings is 1. The van der Waals surface area contributed by atoms with Crippen LogP contribution in [-0.2, 0) is 4.79 Å². The second-order valence-corrected chi connectivity index (χ2v) is 7.35. The van der Waals surface area contributed by atoms with Gasteiger partial charge in [-0.1, -0.05) is 29.3 Å². The van der Waals surface area contributed by atoms with E-state index in [1.165, 1.54) is 12.8 Å². The molecule has 0 unspecified atom stereocenters. The molecule has 3 atom stereocenters. The molecule has 1 saturated heterocycles. The molecular formula is C17H22Cl2N2O2. The molecule has 6 heteroatoms. The number of nitrogens with one attached hydrogen (secondary N) is 1. The summed E-state index contributed by atoms with van der Waals surface area (Å²) in [5.74, 6) is 0.117. The third-order valence-corrected chi connectivity index (χ3v) is 5.30. The van der Waals surface area contributed by atoms with E-state index in [1.807, 2.05) is 6.07 Å². The Balaban J connectivity index is 1.54. The van der Waals surface area contributed by atoms with Crippen LogP contribution in [0.2, 0.25) is 10.0 Å². The lowest BCUT2D eigenvalue weighted by atomic mass is 10.1. The fourth-order valence-corrected chi connectivity index (χ4v) is 3.91. The number of hydrogen-bond acceptors (Lipinski definition) is 3. The lowest BCUT2D eigenvalue weighted by Crippen LogP contribution is -2.46. The maximum atomic E-state index is 12.4. The number of nitrogens with zero attached hydrogens (tertiary/aromatic N) is 1. The lowest BCUT2D eigenvalue weighted by molar-refractivity contribution is -0.123. The third kappa shape index (κ3) is 4.18. The number of aliphatic hydroxyl groups is 1. The molecule has 1 aromatic rings. The molecule has 0 radical (unpaired) electrons. The van der Waals surface area contributed by atoms with Gasteiger partial charge in [-0.3, -0.25) is 4.79 Å². The zero-order valence-corrected chi connectivity index (χ0v) is 14.5. The zero-order valence-electron chi connectivity index (χ0n) is 13.0. The van der Waals surface area contributed by atoms with E-state index >= 15 is 0 Å². The van der Waals surface area contributed by atoms with Gasteiger partial charge in [0, 0.05) is 22.5 Å². The topological polar surface area (TPSA) is 52.6 Å². The number of rotatable bonds is 6. The summed E-state index contributed by atoms with van der Waals surface area (Å²) < 4.78 is 0. The van der Waals surface area contributed by atoms with Crippen LogP contribution < -0.4 is 5.32 Å². The highest BCUT2D eigenvalue weighted by atomic mass is 35.5. The van der Waals surface area contributed by atoms with Crippen molar-refractivity contribution in [3.05, 3.63) is 33.8 Å². The Morgan fingerprint density at radius 3 is 2.74 bits per heavy atom. The van der Waals surface area contributed by atoms with E-state index in [0.29, 0.717) is 10.0 Å². The summed E-state index contributed by atoms with van der Waals surface area (Å²) in [5, 5.41) is 13.7. The van der Waals surface area contributed by atoms with Crippen LogP contribution in [0.25, 0.3) is 0 Å². The minimum absolute atomic E-state index is 0.0132. The second kappa shape index (κ2) is 7.39. The molecule has 126 valence electrons. The Labute approximate surface area is 146 Å². The number of likely N-dealkylation sites (tertiary alicyclic amines) is 1. The van der Waals surface area contributed by atoms with Gasteiger partial charge in [-0.15, -0.1) is 0 Å². The minimum atomic E-state index is -0.192. The van der Waals surface area contributed by atoms with E-state index in [4.69, 9.17) is 23.2 Å². The fourth-order valence-electron chi connectivity index (χ4n) is 3.36. The summed E-state index contributed by atoms with van der Waals surface area (Å²) in [6.45, 7) is 2.81. The van der Waals surface area contributed by atoms with Gasteiger partial charge in [0.15, 0.2) is 0 Å². The molecule has 23 heavy (non-hydrogen) atoms. The van der Waals surface area contributed by atoms with Crippen molar-refractivity contribution in [3.8, 4) is 0 Å². The fraction of sp³-hybridized carbons (Fsp3) is 0.588. The van der Waals surface area contributed by atoms with E-state index in [9.17, 15) is 9.90 Å². The molecule has 1 aromatic carbocycles. The van der Waals surface area contributed by atoms with Crippen LogP contribution in [0, 0.1) is 5.92 Å². The van der Waals surface area contributed by atoms with Crippen molar-refractivity contribution in [1.29, 1.82) is 0 Å². The monoisotopic (exact) mass is 356 g/mol. The second-order valence-electron chi connectivity index (χ2n) is 6.51.